The third kappa shape index (κ3) is 4.58. The summed E-state index contributed by atoms with van der Waals surface area (Å²) in [6.07, 6.45) is 3.90. The molecule has 2 unspecified atom stereocenters. The highest BCUT2D eigenvalue weighted by molar-refractivity contribution is 5.24. The number of rotatable bonds is 6. The van der Waals surface area contributed by atoms with Crippen molar-refractivity contribution in [2.45, 2.75) is 45.3 Å². The maximum absolute atomic E-state index is 6.34. The van der Waals surface area contributed by atoms with Gasteiger partial charge in [0.05, 0.1) is 6.10 Å². The zero-order chi connectivity index (χ0) is 14.4. The second-order valence-electron chi connectivity index (χ2n) is 5.91. The zero-order valence-electron chi connectivity index (χ0n) is 12.8. The van der Waals surface area contributed by atoms with E-state index in [0.717, 1.165) is 32.7 Å². The molecule has 2 atom stereocenters. The van der Waals surface area contributed by atoms with Crippen LogP contribution in [0, 0.1) is 6.92 Å². The van der Waals surface area contributed by atoms with E-state index in [1.165, 1.54) is 24.0 Å². The minimum Gasteiger partial charge on any atom is -0.377 e. The molecule has 0 bridgehead atoms. The first-order chi connectivity index (χ1) is 9.69. The van der Waals surface area contributed by atoms with Crippen molar-refractivity contribution in [1.29, 1.82) is 0 Å². The third-order valence-corrected chi connectivity index (χ3v) is 3.98. The van der Waals surface area contributed by atoms with Crippen LogP contribution in [0.15, 0.2) is 24.3 Å². The van der Waals surface area contributed by atoms with E-state index in [9.17, 15) is 0 Å². The molecule has 0 aliphatic carbocycles. The smallest absolute Gasteiger partial charge is 0.0702 e. The quantitative estimate of drug-likeness (QED) is 0.868. The van der Waals surface area contributed by atoms with Crippen molar-refractivity contribution in [2.75, 3.05) is 26.2 Å². The summed E-state index contributed by atoms with van der Waals surface area (Å²) in [5, 5.41) is 0. The lowest BCUT2D eigenvalue weighted by molar-refractivity contribution is -0.00138. The first-order valence-electron chi connectivity index (χ1n) is 7.85. The first-order valence-corrected chi connectivity index (χ1v) is 7.85. The van der Waals surface area contributed by atoms with E-state index in [0.29, 0.717) is 6.10 Å². The molecule has 0 radical (unpaired) electrons. The predicted molar refractivity (Wildman–Crippen MR) is 83.8 cm³/mol. The summed E-state index contributed by atoms with van der Waals surface area (Å²) in [6, 6.07) is 8.67. The van der Waals surface area contributed by atoms with Crippen LogP contribution in [-0.4, -0.2) is 37.2 Å². The van der Waals surface area contributed by atoms with Crippen molar-refractivity contribution in [3.8, 4) is 0 Å². The van der Waals surface area contributed by atoms with Crippen LogP contribution in [0.5, 0.6) is 0 Å². The van der Waals surface area contributed by atoms with Crippen LogP contribution in [0.3, 0.4) is 0 Å². The number of hydrogen-bond donors (Lipinski definition) is 1. The summed E-state index contributed by atoms with van der Waals surface area (Å²) in [4.78, 5) is 2.45. The summed E-state index contributed by atoms with van der Waals surface area (Å²) in [6.45, 7) is 8.24. The highest BCUT2D eigenvalue weighted by Gasteiger charge is 2.22. The molecule has 2 N–H and O–H groups in total. The molecule has 0 aromatic heterocycles. The molecule has 20 heavy (non-hydrogen) atoms. The van der Waals surface area contributed by atoms with E-state index in [-0.39, 0.29) is 6.04 Å². The second kappa shape index (κ2) is 7.77. The van der Waals surface area contributed by atoms with Crippen LogP contribution in [-0.2, 0) is 4.74 Å². The Morgan fingerprint density at radius 2 is 2.10 bits per heavy atom. The van der Waals surface area contributed by atoms with Crippen LogP contribution in [0.2, 0.25) is 0 Å². The Balaban J connectivity index is 1.84. The minimum absolute atomic E-state index is 0.0977. The van der Waals surface area contributed by atoms with Crippen molar-refractivity contribution in [2.24, 2.45) is 5.73 Å². The Morgan fingerprint density at radius 1 is 1.35 bits per heavy atom. The number of ether oxygens (including phenoxy) is 1. The second-order valence-corrected chi connectivity index (χ2v) is 5.91. The molecule has 0 saturated carbocycles. The molecule has 2 rings (SSSR count). The van der Waals surface area contributed by atoms with E-state index in [1.54, 1.807) is 0 Å². The number of nitrogens with zero attached hydrogens (tertiary/aromatic N) is 1. The summed E-state index contributed by atoms with van der Waals surface area (Å²) >= 11 is 0. The van der Waals surface area contributed by atoms with Crippen LogP contribution in [0.1, 0.15) is 43.4 Å². The van der Waals surface area contributed by atoms with Crippen molar-refractivity contribution in [1.82, 2.24) is 4.90 Å². The molecule has 0 spiro atoms. The molecular weight excluding hydrogens is 248 g/mol. The predicted octanol–water partition coefficient (Wildman–Crippen LogP) is 2.89. The third-order valence-electron chi connectivity index (χ3n) is 3.98. The van der Waals surface area contributed by atoms with Crippen molar-refractivity contribution < 1.29 is 4.74 Å². The fraction of sp³-hybridized carbons (Fsp3) is 0.647. The van der Waals surface area contributed by atoms with Gasteiger partial charge in [-0.1, -0.05) is 36.8 Å². The lowest BCUT2D eigenvalue weighted by Gasteiger charge is -2.34. The maximum atomic E-state index is 6.34. The van der Waals surface area contributed by atoms with Gasteiger partial charge >= 0.3 is 0 Å². The van der Waals surface area contributed by atoms with Gasteiger partial charge in [-0.2, -0.15) is 0 Å². The van der Waals surface area contributed by atoms with Crippen molar-refractivity contribution in [3.05, 3.63) is 35.4 Å². The normalized spacial score (nSPS) is 21.9. The summed E-state index contributed by atoms with van der Waals surface area (Å²) in [7, 11) is 0. The Labute approximate surface area is 123 Å². The monoisotopic (exact) mass is 276 g/mol. The standard InChI is InChI=1S/C17H28N2O/c1-3-11-20-16-5-4-10-19(12-16)13-17(18)15-8-6-14(2)7-9-15/h6-9,16-17H,3-5,10-13,18H2,1-2H3. The van der Waals surface area contributed by atoms with Crippen LogP contribution < -0.4 is 5.73 Å². The van der Waals surface area contributed by atoms with Gasteiger partial charge in [-0.25, -0.2) is 0 Å². The number of piperidine rings is 1. The Hall–Kier alpha value is -0.900. The number of benzene rings is 1. The van der Waals surface area contributed by atoms with E-state index in [4.69, 9.17) is 10.5 Å². The number of likely N-dealkylation sites (tertiary alicyclic amines) is 1. The summed E-state index contributed by atoms with van der Waals surface area (Å²) < 4.78 is 5.88. The zero-order valence-corrected chi connectivity index (χ0v) is 12.8. The average molecular weight is 276 g/mol. The van der Waals surface area contributed by atoms with Crippen LogP contribution in [0.4, 0.5) is 0 Å². The molecular formula is C17H28N2O. The number of nitrogens with two attached hydrogens (primary N) is 1. The Morgan fingerprint density at radius 3 is 2.80 bits per heavy atom. The van der Waals surface area contributed by atoms with Gasteiger partial charge in [0.25, 0.3) is 0 Å². The minimum atomic E-state index is 0.0977. The molecule has 1 aliphatic rings. The molecule has 3 heteroatoms. The van der Waals surface area contributed by atoms with E-state index < -0.39 is 0 Å². The van der Waals surface area contributed by atoms with Gasteiger partial charge in [-0.3, -0.25) is 4.90 Å². The lowest BCUT2D eigenvalue weighted by Crippen LogP contribution is -2.43. The molecule has 0 amide bonds. The van der Waals surface area contributed by atoms with Crippen molar-refractivity contribution in [3.63, 3.8) is 0 Å². The number of aryl methyl sites for hydroxylation is 1. The Kier molecular flexibility index (Phi) is 6.02. The average Bonchev–Trinajstić information content (AvgIpc) is 2.46. The molecule has 1 aromatic carbocycles. The molecule has 1 saturated heterocycles. The largest absolute Gasteiger partial charge is 0.377 e. The molecule has 1 aromatic rings. The molecule has 1 fully saturated rings. The van der Waals surface area contributed by atoms with E-state index in [1.807, 2.05) is 0 Å². The lowest BCUT2D eigenvalue weighted by atomic mass is 10.0. The fourth-order valence-corrected chi connectivity index (χ4v) is 2.80. The highest BCUT2D eigenvalue weighted by atomic mass is 16.5. The summed E-state index contributed by atoms with van der Waals surface area (Å²) in [5.41, 5.74) is 8.85. The molecule has 1 heterocycles. The SMILES string of the molecule is CCCOC1CCCN(CC(N)c2ccc(C)cc2)C1. The maximum Gasteiger partial charge on any atom is 0.0702 e. The van der Waals surface area contributed by atoms with Gasteiger partial charge in [-0.05, 0) is 38.3 Å². The first kappa shape index (κ1) is 15.5. The summed E-state index contributed by atoms with van der Waals surface area (Å²) in [5.74, 6) is 0. The van der Waals surface area contributed by atoms with Gasteiger partial charge in [0.2, 0.25) is 0 Å². The van der Waals surface area contributed by atoms with E-state index in [2.05, 4.69) is 43.0 Å². The molecule has 1 aliphatic heterocycles. The highest BCUT2D eigenvalue weighted by Crippen LogP contribution is 2.18. The van der Waals surface area contributed by atoms with Gasteiger partial charge in [0.15, 0.2) is 0 Å². The van der Waals surface area contributed by atoms with Gasteiger partial charge in [0.1, 0.15) is 0 Å². The molecule has 112 valence electrons. The van der Waals surface area contributed by atoms with Crippen molar-refractivity contribution >= 4 is 0 Å². The van der Waals surface area contributed by atoms with Crippen LogP contribution >= 0.6 is 0 Å². The Bertz CT molecular complexity index is 390. The molecule has 3 nitrogen and oxygen atoms in total. The van der Waals surface area contributed by atoms with Crippen LogP contribution in [0.25, 0.3) is 0 Å². The topological polar surface area (TPSA) is 38.5 Å². The fourth-order valence-electron chi connectivity index (χ4n) is 2.80. The van der Waals surface area contributed by atoms with E-state index >= 15 is 0 Å². The van der Waals surface area contributed by atoms with Gasteiger partial charge in [0, 0.05) is 25.7 Å². The number of hydrogen-bond acceptors (Lipinski definition) is 3. The van der Waals surface area contributed by atoms with Gasteiger partial charge in [-0.15, -0.1) is 0 Å². The van der Waals surface area contributed by atoms with Gasteiger partial charge < -0.3 is 10.5 Å².